The highest BCUT2D eigenvalue weighted by atomic mass is 16.5. The van der Waals surface area contributed by atoms with Crippen LogP contribution < -0.4 is 5.32 Å². The van der Waals surface area contributed by atoms with Crippen molar-refractivity contribution in [1.29, 1.82) is 0 Å². The first-order chi connectivity index (χ1) is 9.51. The third-order valence-corrected chi connectivity index (χ3v) is 3.76. The molecule has 0 aromatic heterocycles. The molecular weight excluding hydrogens is 252 g/mol. The summed E-state index contributed by atoms with van der Waals surface area (Å²) >= 11 is 0. The zero-order valence-corrected chi connectivity index (χ0v) is 13.4. The smallest absolute Gasteiger partial charge is 0.339 e. The second-order valence-corrected chi connectivity index (χ2v) is 5.58. The Bertz CT molecular complexity index is 386. The van der Waals surface area contributed by atoms with E-state index in [0.717, 1.165) is 25.2 Å². The van der Waals surface area contributed by atoms with E-state index in [1.54, 1.807) is 0 Å². The van der Waals surface area contributed by atoms with Crippen LogP contribution in [-0.4, -0.2) is 44.7 Å². The molecule has 1 aliphatic rings. The van der Waals surface area contributed by atoms with Gasteiger partial charge in [0.15, 0.2) is 0 Å². The fourth-order valence-corrected chi connectivity index (χ4v) is 2.35. The highest BCUT2D eigenvalue weighted by molar-refractivity contribution is 5.92. The SMILES string of the molecule is CCOC(=O)C1=C(N(C)CCNC)CC(C(C)C)C=C1. The van der Waals surface area contributed by atoms with Crippen LogP contribution in [0.4, 0.5) is 0 Å². The molecule has 0 aromatic rings. The first kappa shape index (κ1) is 16.8. The number of esters is 1. The molecule has 0 aliphatic heterocycles. The van der Waals surface area contributed by atoms with E-state index in [9.17, 15) is 4.79 Å². The van der Waals surface area contributed by atoms with Crippen molar-refractivity contribution >= 4 is 5.97 Å². The average molecular weight is 280 g/mol. The summed E-state index contributed by atoms with van der Waals surface area (Å²) in [5.41, 5.74) is 1.81. The maximum absolute atomic E-state index is 12.1. The van der Waals surface area contributed by atoms with Crippen molar-refractivity contribution in [2.24, 2.45) is 11.8 Å². The summed E-state index contributed by atoms with van der Waals surface area (Å²) < 4.78 is 5.17. The second-order valence-electron chi connectivity index (χ2n) is 5.58. The number of likely N-dealkylation sites (N-methyl/N-ethyl adjacent to an activating group) is 2. The molecule has 1 unspecified atom stereocenters. The monoisotopic (exact) mass is 280 g/mol. The molecule has 0 saturated carbocycles. The van der Waals surface area contributed by atoms with Crippen LogP contribution >= 0.6 is 0 Å². The molecule has 0 aromatic carbocycles. The molecule has 1 aliphatic carbocycles. The van der Waals surface area contributed by atoms with Gasteiger partial charge in [-0.15, -0.1) is 0 Å². The van der Waals surface area contributed by atoms with Crippen LogP contribution in [-0.2, 0) is 9.53 Å². The molecule has 0 fully saturated rings. The Kier molecular flexibility index (Phi) is 6.79. The minimum Gasteiger partial charge on any atom is -0.462 e. The number of carbonyl (C=O) groups excluding carboxylic acids is 1. The average Bonchev–Trinajstić information content (AvgIpc) is 2.44. The zero-order chi connectivity index (χ0) is 15.1. The number of carbonyl (C=O) groups is 1. The van der Waals surface area contributed by atoms with E-state index in [4.69, 9.17) is 4.74 Å². The summed E-state index contributed by atoms with van der Waals surface area (Å²) in [7, 11) is 3.98. The first-order valence-electron chi connectivity index (χ1n) is 7.45. The summed E-state index contributed by atoms with van der Waals surface area (Å²) in [5.74, 6) is 0.847. The summed E-state index contributed by atoms with van der Waals surface area (Å²) in [6.45, 7) is 8.47. The van der Waals surface area contributed by atoms with Gasteiger partial charge in [0.1, 0.15) is 0 Å². The lowest BCUT2D eigenvalue weighted by atomic mass is 9.85. The van der Waals surface area contributed by atoms with E-state index in [1.807, 2.05) is 27.1 Å². The van der Waals surface area contributed by atoms with Crippen LogP contribution in [0, 0.1) is 11.8 Å². The quantitative estimate of drug-likeness (QED) is 0.726. The summed E-state index contributed by atoms with van der Waals surface area (Å²) in [4.78, 5) is 14.3. The van der Waals surface area contributed by atoms with E-state index < -0.39 is 0 Å². The lowest BCUT2D eigenvalue weighted by Gasteiger charge is -2.31. The molecule has 0 saturated heterocycles. The van der Waals surface area contributed by atoms with Crippen LogP contribution in [0.15, 0.2) is 23.4 Å². The molecule has 1 rings (SSSR count). The van der Waals surface area contributed by atoms with Gasteiger partial charge in [0.2, 0.25) is 0 Å². The van der Waals surface area contributed by atoms with Gasteiger partial charge in [-0.3, -0.25) is 0 Å². The van der Waals surface area contributed by atoms with Crippen LogP contribution in [0.2, 0.25) is 0 Å². The Hall–Kier alpha value is -1.29. The van der Waals surface area contributed by atoms with Gasteiger partial charge in [-0.25, -0.2) is 4.79 Å². The second kappa shape index (κ2) is 8.10. The number of allylic oxidation sites excluding steroid dienone is 2. The lowest BCUT2D eigenvalue weighted by molar-refractivity contribution is -0.138. The maximum atomic E-state index is 12.1. The molecule has 4 nitrogen and oxygen atoms in total. The Morgan fingerprint density at radius 3 is 2.80 bits per heavy atom. The Labute approximate surface area is 122 Å². The molecule has 4 heteroatoms. The number of nitrogens with zero attached hydrogens (tertiary/aromatic N) is 1. The summed E-state index contributed by atoms with van der Waals surface area (Å²) in [6.07, 6.45) is 4.99. The number of hydrogen-bond donors (Lipinski definition) is 1. The van der Waals surface area contributed by atoms with Crippen molar-refractivity contribution in [3.8, 4) is 0 Å². The number of nitrogens with one attached hydrogen (secondary N) is 1. The van der Waals surface area contributed by atoms with Crippen molar-refractivity contribution in [2.75, 3.05) is 33.8 Å². The predicted octanol–water partition coefficient (Wildman–Crippen LogP) is 2.19. The van der Waals surface area contributed by atoms with Crippen molar-refractivity contribution < 1.29 is 9.53 Å². The largest absolute Gasteiger partial charge is 0.462 e. The lowest BCUT2D eigenvalue weighted by Crippen LogP contribution is -2.31. The third-order valence-electron chi connectivity index (χ3n) is 3.76. The third kappa shape index (κ3) is 4.37. The number of rotatable bonds is 7. The van der Waals surface area contributed by atoms with Crippen molar-refractivity contribution in [3.05, 3.63) is 23.4 Å². The Morgan fingerprint density at radius 1 is 1.55 bits per heavy atom. The predicted molar refractivity (Wildman–Crippen MR) is 82.3 cm³/mol. The molecule has 20 heavy (non-hydrogen) atoms. The van der Waals surface area contributed by atoms with E-state index in [1.165, 1.54) is 0 Å². The molecule has 1 N–H and O–H groups in total. The molecular formula is C16H28N2O2. The fraction of sp³-hybridized carbons (Fsp3) is 0.688. The van der Waals surface area contributed by atoms with E-state index in [2.05, 4.69) is 30.1 Å². The van der Waals surface area contributed by atoms with Crippen LogP contribution in [0.3, 0.4) is 0 Å². The van der Waals surface area contributed by atoms with Gasteiger partial charge in [0.25, 0.3) is 0 Å². The van der Waals surface area contributed by atoms with Gasteiger partial charge in [0.05, 0.1) is 12.2 Å². The molecule has 0 bridgehead atoms. The van der Waals surface area contributed by atoms with Crippen LogP contribution in [0.1, 0.15) is 27.2 Å². The van der Waals surface area contributed by atoms with E-state index >= 15 is 0 Å². The Balaban J connectivity index is 2.95. The Morgan fingerprint density at radius 2 is 2.25 bits per heavy atom. The van der Waals surface area contributed by atoms with Crippen LogP contribution in [0.25, 0.3) is 0 Å². The molecule has 0 heterocycles. The van der Waals surface area contributed by atoms with Gasteiger partial charge in [0, 0.05) is 25.8 Å². The highest BCUT2D eigenvalue weighted by Gasteiger charge is 2.25. The highest BCUT2D eigenvalue weighted by Crippen LogP contribution is 2.30. The summed E-state index contributed by atoms with van der Waals surface area (Å²) in [5, 5.41) is 3.14. The standard InChI is InChI=1S/C16H28N2O2/c1-6-20-16(19)14-8-7-13(12(2)3)11-15(14)18(5)10-9-17-4/h7-8,12-13,17H,6,9-11H2,1-5H3. The number of ether oxygens (including phenoxy) is 1. The van der Waals surface area contributed by atoms with Crippen molar-refractivity contribution in [1.82, 2.24) is 10.2 Å². The van der Waals surface area contributed by atoms with E-state index in [-0.39, 0.29) is 5.97 Å². The van der Waals surface area contributed by atoms with Gasteiger partial charge in [-0.2, -0.15) is 0 Å². The molecule has 0 radical (unpaired) electrons. The maximum Gasteiger partial charge on any atom is 0.339 e. The summed E-state index contributed by atoms with van der Waals surface area (Å²) in [6, 6.07) is 0. The van der Waals surface area contributed by atoms with Gasteiger partial charge < -0.3 is 15.0 Å². The fourth-order valence-electron chi connectivity index (χ4n) is 2.35. The molecule has 0 spiro atoms. The minimum atomic E-state index is -0.211. The van der Waals surface area contributed by atoms with Crippen molar-refractivity contribution in [2.45, 2.75) is 27.2 Å². The topological polar surface area (TPSA) is 41.6 Å². The van der Waals surface area contributed by atoms with E-state index in [0.29, 0.717) is 24.0 Å². The van der Waals surface area contributed by atoms with Gasteiger partial charge in [-0.05, 0) is 38.3 Å². The van der Waals surface area contributed by atoms with Crippen LogP contribution in [0.5, 0.6) is 0 Å². The minimum absolute atomic E-state index is 0.211. The van der Waals surface area contributed by atoms with Crippen molar-refractivity contribution in [3.63, 3.8) is 0 Å². The normalized spacial score (nSPS) is 18.6. The molecule has 114 valence electrons. The van der Waals surface area contributed by atoms with Gasteiger partial charge >= 0.3 is 5.97 Å². The number of hydrogen-bond acceptors (Lipinski definition) is 4. The molecule has 0 amide bonds. The zero-order valence-electron chi connectivity index (χ0n) is 13.4. The molecule has 1 atom stereocenters. The van der Waals surface area contributed by atoms with Gasteiger partial charge in [-0.1, -0.05) is 19.9 Å². The first-order valence-corrected chi connectivity index (χ1v) is 7.45.